The summed E-state index contributed by atoms with van der Waals surface area (Å²) >= 11 is 0. The third-order valence-corrected chi connectivity index (χ3v) is 5.38. The largest absolute Gasteiger partial charge is 0.329 e. The van der Waals surface area contributed by atoms with Gasteiger partial charge in [-0.05, 0) is 32.6 Å². The Morgan fingerprint density at radius 1 is 1.44 bits per heavy atom. The van der Waals surface area contributed by atoms with E-state index in [9.17, 15) is 8.42 Å². The summed E-state index contributed by atoms with van der Waals surface area (Å²) in [7, 11) is -3.34. The van der Waals surface area contributed by atoms with E-state index >= 15 is 0 Å². The van der Waals surface area contributed by atoms with Crippen LogP contribution in [0, 0.1) is 0 Å². The van der Waals surface area contributed by atoms with Crippen molar-refractivity contribution in [3.05, 3.63) is 0 Å². The molecule has 16 heavy (non-hydrogen) atoms. The van der Waals surface area contributed by atoms with Gasteiger partial charge in [0.05, 0.1) is 0 Å². The Kier molecular flexibility index (Phi) is 3.27. The Bertz CT molecular complexity index is 351. The van der Waals surface area contributed by atoms with E-state index in [0.717, 1.165) is 32.1 Å². The molecule has 0 radical (unpaired) electrons. The van der Waals surface area contributed by atoms with E-state index in [-0.39, 0.29) is 11.6 Å². The summed E-state index contributed by atoms with van der Waals surface area (Å²) < 4.78 is 28.7. The summed E-state index contributed by atoms with van der Waals surface area (Å²) in [4.78, 5) is 0. The summed E-state index contributed by atoms with van der Waals surface area (Å²) in [5, 5.41) is 0. The second kappa shape index (κ2) is 4.25. The summed E-state index contributed by atoms with van der Waals surface area (Å²) in [6, 6.07) is -0.0198. The molecule has 1 unspecified atom stereocenters. The standard InChI is InChI=1S/C10H21N3O2S/c1-10(5-6-10)12-16(14,15)13-7-3-2-4-9(13)8-11/h9,12H,2-8,11H2,1H3. The van der Waals surface area contributed by atoms with E-state index < -0.39 is 10.2 Å². The molecule has 0 bridgehead atoms. The van der Waals surface area contributed by atoms with Crippen molar-refractivity contribution in [3.63, 3.8) is 0 Å². The van der Waals surface area contributed by atoms with Crippen LogP contribution in [0.4, 0.5) is 0 Å². The maximum absolute atomic E-state index is 12.2. The summed E-state index contributed by atoms with van der Waals surface area (Å²) in [5.74, 6) is 0. The fraction of sp³-hybridized carbons (Fsp3) is 1.00. The van der Waals surface area contributed by atoms with Crippen LogP contribution in [0.15, 0.2) is 0 Å². The van der Waals surface area contributed by atoms with Crippen LogP contribution < -0.4 is 10.5 Å². The lowest BCUT2D eigenvalue weighted by Crippen LogP contribution is -2.53. The Morgan fingerprint density at radius 2 is 2.12 bits per heavy atom. The van der Waals surface area contributed by atoms with Gasteiger partial charge in [0.15, 0.2) is 0 Å². The van der Waals surface area contributed by atoms with Gasteiger partial charge in [-0.2, -0.15) is 17.4 Å². The molecule has 0 aromatic heterocycles. The van der Waals surface area contributed by atoms with Gasteiger partial charge in [0.25, 0.3) is 10.2 Å². The number of nitrogens with one attached hydrogen (secondary N) is 1. The van der Waals surface area contributed by atoms with Gasteiger partial charge in [-0.3, -0.25) is 0 Å². The van der Waals surface area contributed by atoms with Crippen molar-refractivity contribution in [2.45, 2.75) is 50.6 Å². The average Bonchev–Trinajstić information content (AvgIpc) is 2.95. The first-order valence-electron chi connectivity index (χ1n) is 5.98. The number of nitrogens with zero attached hydrogens (tertiary/aromatic N) is 1. The molecule has 1 heterocycles. The molecule has 0 aromatic carbocycles. The van der Waals surface area contributed by atoms with Gasteiger partial charge in [-0.15, -0.1) is 0 Å². The van der Waals surface area contributed by atoms with E-state index in [1.54, 1.807) is 4.31 Å². The average molecular weight is 247 g/mol. The Labute approximate surface area is 97.6 Å². The zero-order chi connectivity index (χ0) is 11.8. The van der Waals surface area contributed by atoms with Crippen molar-refractivity contribution in [1.29, 1.82) is 0 Å². The topological polar surface area (TPSA) is 75.4 Å². The van der Waals surface area contributed by atoms with E-state index in [1.165, 1.54) is 0 Å². The minimum atomic E-state index is -3.34. The third-order valence-electron chi connectivity index (χ3n) is 3.53. The van der Waals surface area contributed by atoms with Crippen molar-refractivity contribution in [1.82, 2.24) is 9.03 Å². The van der Waals surface area contributed by atoms with E-state index in [0.29, 0.717) is 13.1 Å². The van der Waals surface area contributed by atoms with Gasteiger partial charge in [-0.1, -0.05) is 6.42 Å². The maximum atomic E-state index is 12.2. The van der Waals surface area contributed by atoms with Crippen molar-refractivity contribution in [2.75, 3.05) is 13.1 Å². The lowest BCUT2D eigenvalue weighted by molar-refractivity contribution is 0.253. The molecule has 0 amide bonds. The van der Waals surface area contributed by atoms with E-state index in [2.05, 4.69) is 4.72 Å². The first-order valence-corrected chi connectivity index (χ1v) is 7.42. The highest BCUT2D eigenvalue weighted by atomic mass is 32.2. The molecular weight excluding hydrogens is 226 g/mol. The zero-order valence-electron chi connectivity index (χ0n) is 9.78. The molecule has 1 aliphatic carbocycles. The van der Waals surface area contributed by atoms with Gasteiger partial charge in [0, 0.05) is 24.7 Å². The molecule has 0 aromatic rings. The zero-order valence-corrected chi connectivity index (χ0v) is 10.6. The lowest BCUT2D eigenvalue weighted by atomic mass is 10.1. The molecule has 5 nitrogen and oxygen atoms in total. The minimum absolute atomic E-state index is 0.0198. The van der Waals surface area contributed by atoms with Crippen LogP contribution >= 0.6 is 0 Å². The molecule has 2 fully saturated rings. The van der Waals surface area contributed by atoms with Gasteiger partial charge in [-0.25, -0.2) is 0 Å². The SMILES string of the molecule is CC1(NS(=O)(=O)N2CCCCC2CN)CC1. The first kappa shape index (κ1) is 12.3. The van der Waals surface area contributed by atoms with Gasteiger partial charge in [0.2, 0.25) is 0 Å². The molecular formula is C10H21N3O2S. The van der Waals surface area contributed by atoms with Crippen LogP contribution in [0.2, 0.25) is 0 Å². The summed E-state index contributed by atoms with van der Waals surface area (Å²) in [6.07, 6.45) is 4.77. The van der Waals surface area contributed by atoms with Crippen molar-refractivity contribution in [2.24, 2.45) is 5.73 Å². The van der Waals surface area contributed by atoms with Crippen molar-refractivity contribution >= 4 is 10.2 Å². The molecule has 6 heteroatoms. The number of nitrogens with two attached hydrogens (primary N) is 1. The quantitative estimate of drug-likeness (QED) is 0.744. The van der Waals surface area contributed by atoms with Crippen LogP contribution in [0.3, 0.4) is 0 Å². The second-order valence-corrected chi connectivity index (χ2v) is 6.79. The van der Waals surface area contributed by atoms with Crippen molar-refractivity contribution < 1.29 is 8.42 Å². The number of rotatable bonds is 4. The fourth-order valence-electron chi connectivity index (χ4n) is 2.19. The highest BCUT2D eigenvalue weighted by Gasteiger charge is 2.43. The number of hydrogen-bond donors (Lipinski definition) is 2. The summed E-state index contributed by atoms with van der Waals surface area (Å²) in [5.41, 5.74) is 5.44. The van der Waals surface area contributed by atoms with Crippen molar-refractivity contribution in [3.8, 4) is 0 Å². The number of piperidine rings is 1. The van der Waals surface area contributed by atoms with Gasteiger partial charge >= 0.3 is 0 Å². The molecule has 2 aliphatic rings. The first-order chi connectivity index (χ1) is 7.47. The predicted octanol–water partition coefficient (Wildman–Crippen LogP) is 0.186. The van der Waals surface area contributed by atoms with Crippen LogP contribution in [0.5, 0.6) is 0 Å². The monoisotopic (exact) mass is 247 g/mol. The molecule has 3 N–H and O–H groups in total. The molecule has 1 atom stereocenters. The van der Waals surface area contributed by atoms with Gasteiger partial charge < -0.3 is 5.73 Å². The van der Waals surface area contributed by atoms with E-state index in [1.807, 2.05) is 6.92 Å². The Hall–Kier alpha value is -0.170. The normalized spacial score (nSPS) is 30.2. The van der Waals surface area contributed by atoms with E-state index in [4.69, 9.17) is 5.73 Å². The Balaban J connectivity index is 2.08. The molecule has 1 saturated heterocycles. The lowest BCUT2D eigenvalue weighted by Gasteiger charge is -2.34. The molecule has 0 spiro atoms. The highest BCUT2D eigenvalue weighted by molar-refractivity contribution is 7.87. The van der Waals surface area contributed by atoms with Crippen LogP contribution in [0.25, 0.3) is 0 Å². The predicted molar refractivity (Wildman–Crippen MR) is 63.1 cm³/mol. The molecule has 2 rings (SSSR count). The van der Waals surface area contributed by atoms with Crippen LogP contribution in [0.1, 0.15) is 39.0 Å². The Morgan fingerprint density at radius 3 is 2.69 bits per heavy atom. The second-order valence-electron chi connectivity index (χ2n) is 5.16. The fourth-order valence-corrected chi connectivity index (χ4v) is 4.08. The molecule has 1 aliphatic heterocycles. The maximum Gasteiger partial charge on any atom is 0.280 e. The highest BCUT2D eigenvalue weighted by Crippen LogP contribution is 2.36. The smallest absolute Gasteiger partial charge is 0.280 e. The molecule has 94 valence electrons. The number of hydrogen-bond acceptors (Lipinski definition) is 3. The van der Waals surface area contributed by atoms with Gasteiger partial charge in [0.1, 0.15) is 0 Å². The van der Waals surface area contributed by atoms with Crippen LogP contribution in [-0.4, -0.2) is 37.4 Å². The minimum Gasteiger partial charge on any atom is -0.329 e. The third kappa shape index (κ3) is 2.56. The van der Waals surface area contributed by atoms with Crippen LogP contribution in [-0.2, 0) is 10.2 Å². The summed E-state index contributed by atoms with van der Waals surface area (Å²) in [6.45, 7) is 2.97. The molecule has 1 saturated carbocycles.